The maximum absolute atomic E-state index is 2.40. The second-order valence-corrected chi connectivity index (χ2v) is 15.7. The predicted octanol–water partition coefficient (Wildman–Crippen LogP) is 13.2. The lowest BCUT2D eigenvalue weighted by Gasteiger charge is -2.39. The molecule has 1 aromatic heterocycles. The Hall–Kier alpha value is -5.15. The van der Waals surface area contributed by atoms with Gasteiger partial charge >= 0.3 is 0 Å². The van der Waals surface area contributed by atoms with E-state index in [2.05, 4.69) is 182 Å². The molecule has 0 unspecified atom stereocenters. The molecule has 0 bridgehead atoms. The Morgan fingerprint density at radius 3 is 1.43 bits per heavy atom. The van der Waals surface area contributed by atoms with Crippen LogP contribution in [-0.4, -0.2) is 0 Å². The molecule has 46 heavy (non-hydrogen) atoms. The molecule has 0 atom stereocenters. The smallest absolute Gasteiger partial charge is 0.0434 e. The molecule has 218 valence electrons. The number of benzene rings is 7. The van der Waals surface area contributed by atoms with Gasteiger partial charge in [0.25, 0.3) is 0 Å². The third-order valence-electron chi connectivity index (χ3n) is 9.16. The molecule has 0 radical (unpaired) electrons. The molecule has 0 N–H and O–H groups in total. The molecule has 0 nitrogen and oxygen atoms in total. The minimum absolute atomic E-state index is 1.24. The molecule has 9 rings (SSSR count). The zero-order chi connectivity index (χ0) is 30.5. The van der Waals surface area contributed by atoms with E-state index >= 15 is 0 Å². The fourth-order valence-electron chi connectivity index (χ4n) is 7.25. The zero-order valence-corrected chi connectivity index (χ0v) is 26.8. The molecule has 0 saturated heterocycles. The van der Waals surface area contributed by atoms with E-state index in [0.717, 1.165) is 0 Å². The molecule has 0 amide bonds. The Morgan fingerprint density at radius 1 is 0.326 bits per heavy atom. The van der Waals surface area contributed by atoms with Crippen molar-refractivity contribution in [2.45, 2.75) is 19.6 Å². The van der Waals surface area contributed by atoms with E-state index in [4.69, 9.17) is 0 Å². The van der Waals surface area contributed by atoms with E-state index in [1.807, 2.05) is 11.3 Å². The Labute approximate surface area is 275 Å². The van der Waals surface area contributed by atoms with Crippen LogP contribution in [0.25, 0.3) is 53.9 Å². The van der Waals surface area contributed by atoms with Crippen molar-refractivity contribution in [3.63, 3.8) is 0 Å². The quantitative estimate of drug-likeness (QED) is 0.179. The summed E-state index contributed by atoms with van der Waals surface area (Å²) in [4.78, 5) is 8.24. The van der Waals surface area contributed by atoms with Gasteiger partial charge in [-0.25, -0.2) is 0 Å². The van der Waals surface area contributed by atoms with Crippen LogP contribution in [-0.2, 0) is 0 Å². The molecule has 0 fully saturated rings. The molecule has 1 aliphatic rings. The lowest BCUT2D eigenvalue weighted by Crippen LogP contribution is -2.01. The van der Waals surface area contributed by atoms with Gasteiger partial charge in [-0.1, -0.05) is 146 Å². The van der Waals surface area contributed by atoms with E-state index in [1.54, 1.807) is 0 Å². The lowest BCUT2D eigenvalue weighted by molar-refractivity contribution is 1.29. The number of fused-ring (bicyclic) bond motifs is 4. The summed E-state index contributed by atoms with van der Waals surface area (Å²) < 4.78 is 0. The number of thiophene rings is 1. The van der Waals surface area contributed by atoms with Crippen molar-refractivity contribution < 1.29 is 0 Å². The second-order valence-electron chi connectivity index (χ2n) is 11.6. The van der Waals surface area contributed by atoms with Crippen LogP contribution in [0.4, 0.5) is 0 Å². The first kappa shape index (κ1) is 27.2. The van der Waals surface area contributed by atoms with Crippen LogP contribution < -0.4 is 0 Å². The van der Waals surface area contributed by atoms with Crippen molar-refractivity contribution >= 4 is 32.1 Å². The van der Waals surface area contributed by atoms with Crippen molar-refractivity contribution in [3.8, 4) is 43.1 Å². The van der Waals surface area contributed by atoms with Gasteiger partial charge in [-0.2, -0.15) is 0 Å². The molecule has 0 spiro atoms. The van der Waals surface area contributed by atoms with Crippen LogP contribution in [0, 0.1) is 0 Å². The first-order valence-electron chi connectivity index (χ1n) is 15.7. The Balaban J connectivity index is 1.35. The van der Waals surface area contributed by atoms with Crippen LogP contribution in [0.2, 0.25) is 0 Å². The van der Waals surface area contributed by atoms with Gasteiger partial charge in [0.15, 0.2) is 0 Å². The van der Waals surface area contributed by atoms with Crippen molar-refractivity contribution in [2.75, 3.05) is 0 Å². The first-order chi connectivity index (χ1) is 22.9. The van der Waals surface area contributed by atoms with Gasteiger partial charge in [0.1, 0.15) is 0 Å². The summed E-state index contributed by atoms with van der Waals surface area (Å²) in [5, 5.41) is 2.61. The molecular formula is C44H30S2. The van der Waals surface area contributed by atoms with E-state index < -0.39 is 10.0 Å². The van der Waals surface area contributed by atoms with Crippen LogP contribution >= 0.6 is 21.4 Å². The Bertz CT molecular complexity index is 2310. The van der Waals surface area contributed by atoms with Crippen LogP contribution in [0.3, 0.4) is 0 Å². The Morgan fingerprint density at radius 2 is 0.783 bits per heavy atom. The van der Waals surface area contributed by atoms with Crippen LogP contribution in [0.1, 0.15) is 0 Å². The predicted molar refractivity (Wildman–Crippen MR) is 197 cm³/mol. The van der Waals surface area contributed by atoms with Crippen molar-refractivity contribution in [1.29, 1.82) is 0 Å². The first-order valence-corrected chi connectivity index (χ1v) is 18.1. The standard InChI is InChI=1S/C44H30S2/c1-4-17-31(18-5-1)34-23-10-11-24-35(34)43-36-25-12-13-26-37(36)44(45-43)39-28-16-30-41-42(39)38-27-14-15-29-40(38)46(41,32-19-6-2-7-20-32)33-21-8-3-9-22-33/h1-30H. The van der Waals surface area contributed by atoms with Crippen molar-refractivity contribution in [3.05, 3.63) is 182 Å². The third kappa shape index (κ3) is 4.01. The lowest BCUT2D eigenvalue weighted by atomic mass is 9.95. The second kappa shape index (κ2) is 11.0. The minimum atomic E-state index is -1.70. The van der Waals surface area contributed by atoms with E-state index in [-0.39, 0.29) is 0 Å². The highest BCUT2D eigenvalue weighted by Gasteiger charge is 2.43. The number of hydrogen-bond acceptors (Lipinski definition) is 1. The normalized spacial score (nSPS) is 13.7. The molecule has 2 heterocycles. The molecule has 7 aromatic carbocycles. The van der Waals surface area contributed by atoms with Gasteiger partial charge < -0.3 is 0 Å². The topological polar surface area (TPSA) is 0 Å². The molecule has 0 saturated carbocycles. The van der Waals surface area contributed by atoms with Crippen LogP contribution in [0.5, 0.6) is 0 Å². The average molecular weight is 623 g/mol. The highest BCUT2D eigenvalue weighted by atomic mass is 32.3. The fraction of sp³-hybridized carbons (Fsp3) is 0. The zero-order valence-electron chi connectivity index (χ0n) is 25.1. The SMILES string of the molecule is c1ccc(-c2ccccc2-c2sc(-c3cccc4c3-c3ccccc3S4(c3ccccc3)c3ccccc3)c3ccccc23)cc1. The summed E-state index contributed by atoms with van der Waals surface area (Å²) in [6, 6.07) is 67.2. The summed E-state index contributed by atoms with van der Waals surface area (Å²) in [7, 11) is -1.70. The van der Waals surface area contributed by atoms with E-state index in [1.165, 1.54) is 73.5 Å². The molecular weight excluding hydrogens is 593 g/mol. The van der Waals surface area contributed by atoms with Gasteiger partial charge in [-0.05, 0) is 53.1 Å². The average Bonchev–Trinajstić information content (AvgIpc) is 3.67. The number of hydrogen-bond donors (Lipinski definition) is 0. The molecule has 2 heteroatoms. The maximum Gasteiger partial charge on any atom is 0.0434 e. The van der Waals surface area contributed by atoms with Crippen molar-refractivity contribution in [2.24, 2.45) is 0 Å². The third-order valence-corrected chi connectivity index (χ3v) is 14.4. The largest absolute Gasteiger partial charge is 0.134 e. The fourth-order valence-corrected chi connectivity index (χ4v) is 12.8. The summed E-state index contributed by atoms with van der Waals surface area (Å²) in [5.74, 6) is 0. The summed E-state index contributed by atoms with van der Waals surface area (Å²) in [6.45, 7) is 0. The molecule has 0 aliphatic carbocycles. The highest BCUT2D eigenvalue weighted by Crippen LogP contribution is 2.80. The van der Waals surface area contributed by atoms with Gasteiger partial charge in [-0.3, -0.25) is 0 Å². The Kier molecular flexibility index (Phi) is 6.52. The summed E-state index contributed by atoms with van der Waals surface area (Å²) in [6.07, 6.45) is 0. The summed E-state index contributed by atoms with van der Waals surface area (Å²) >= 11 is 1.93. The minimum Gasteiger partial charge on any atom is -0.134 e. The van der Waals surface area contributed by atoms with Gasteiger partial charge in [0, 0.05) is 56.8 Å². The highest BCUT2D eigenvalue weighted by molar-refractivity contribution is 8.34. The van der Waals surface area contributed by atoms with Crippen LogP contribution in [0.15, 0.2) is 202 Å². The van der Waals surface area contributed by atoms with Crippen molar-refractivity contribution in [1.82, 2.24) is 0 Å². The van der Waals surface area contributed by atoms with Gasteiger partial charge in [0.05, 0.1) is 0 Å². The monoisotopic (exact) mass is 622 g/mol. The maximum atomic E-state index is 2.40. The van der Waals surface area contributed by atoms with Gasteiger partial charge in [-0.15, -0.1) is 21.4 Å². The summed E-state index contributed by atoms with van der Waals surface area (Å²) in [5.41, 5.74) is 7.82. The molecule has 1 aliphatic heterocycles. The molecule has 8 aromatic rings. The van der Waals surface area contributed by atoms with E-state index in [9.17, 15) is 0 Å². The number of rotatable bonds is 5. The van der Waals surface area contributed by atoms with Gasteiger partial charge in [0.2, 0.25) is 0 Å². The van der Waals surface area contributed by atoms with E-state index in [0.29, 0.717) is 0 Å².